The first kappa shape index (κ1) is 8.45. The molecule has 5 N–H and O–H groups in total. The Labute approximate surface area is 63.4 Å². The lowest BCUT2D eigenvalue weighted by atomic mass is 10.0. The fourth-order valence-electron chi connectivity index (χ4n) is 1.32. The monoisotopic (exact) mass is 161 g/mol. The highest BCUT2D eigenvalue weighted by atomic mass is 16.4. The van der Waals surface area contributed by atoms with E-state index in [4.69, 9.17) is 21.1 Å². The van der Waals surface area contributed by atoms with Crippen molar-refractivity contribution in [2.75, 3.05) is 0 Å². The minimum Gasteiger partial charge on any atom is -0.481 e. The van der Waals surface area contributed by atoms with Crippen molar-refractivity contribution in [2.45, 2.75) is 24.7 Å². The molecule has 1 aliphatic rings. The Morgan fingerprint density at radius 3 is 2.18 bits per heavy atom. The van der Waals surface area contributed by atoms with E-state index < -0.39 is 30.1 Å². The molecule has 0 unspecified atom stereocenters. The summed E-state index contributed by atoms with van der Waals surface area (Å²) in [6, 6.07) is -0.845. The van der Waals surface area contributed by atoms with Crippen molar-refractivity contribution in [3.63, 3.8) is 0 Å². The highest BCUT2D eigenvalue weighted by Gasteiger charge is 2.43. The molecule has 11 heavy (non-hydrogen) atoms. The van der Waals surface area contributed by atoms with E-state index in [9.17, 15) is 4.79 Å². The van der Waals surface area contributed by atoms with Gasteiger partial charge in [0.1, 0.15) is 0 Å². The maximum atomic E-state index is 10.4. The largest absolute Gasteiger partial charge is 0.481 e. The van der Waals surface area contributed by atoms with Gasteiger partial charge in [0.05, 0.1) is 18.1 Å². The molecule has 0 aliphatic heterocycles. The third-order valence-electron chi connectivity index (χ3n) is 2.07. The van der Waals surface area contributed by atoms with Gasteiger partial charge in [-0.15, -0.1) is 0 Å². The number of nitrogens with two attached hydrogens (primary N) is 1. The number of rotatable bonds is 1. The molecule has 0 amide bonds. The van der Waals surface area contributed by atoms with Crippen LogP contribution in [0.5, 0.6) is 0 Å². The summed E-state index contributed by atoms with van der Waals surface area (Å²) in [5, 5.41) is 26.6. The molecule has 5 nitrogen and oxygen atoms in total. The molecule has 5 heteroatoms. The zero-order chi connectivity index (χ0) is 8.59. The molecular weight excluding hydrogens is 150 g/mol. The first-order chi connectivity index (χ1) is 5.04. The lowest BCUT2D eigenvalue weighted by molar-refractivity contribution is -0.142. The van der Waals surface area contributed by atoms with Gasteiger partial charge in [0.25, 0.3) is 0 Å². The zero-order valence-corrected chi connectivity index (χ0v) is 5.84. The summed E-state index contributed by atoms with van der Waals surface area (Å²) in [5.74, 6) is -1.88. The molecule has 64 valence electrons. The van der Waals surface area contributed by atoms with Crippen molar-refractivity contribution in [1.29, 1.82) is 0 Å². The molecule has 0 bridgehead atoms. The van der Waals surface area contributed by atoms with Crippen LogP contribution in [0.2, 0.25) is 0 Å². The molecule has 1 fully saturated rings. The van der Waals surface area contributed by atoms with Crippen LogP contribution in [0.1, 0.15) is 6.42 Å². The average molecular weight is 161 g/mol. The van der Waals surface area contributed by atoms with Crippen molar-refractivity contribution in [3.05, 3.63) is 0 Å². The van der Waals surface area contributed by atoms with Gasteiger partial charge in [-0.3, -0.25) is 4.79 Å². The third kappa shape index (κ3) is 1.35. The van der Waals surface area contributed by atoms with Crippen molar-refractivity contribution in [3.8, 4) is 0 Å². The summed E-state index contributed by atoms with van der Waals surface area (Å²) >= 11 is 0. The molecule has 1 saturated carbocycles. The molecule has 4 atom stereocenters. The Morgan fingerprint density at radius 1 is 1.45 bits per heavy atom. The molecule has 0 saturated heterocycles. The van der Waals surface area contributed by atoms with Gasteiger partial charge in [-0.1, -0.05) is 0 Å². The Kier molecular flexibility index (Phi) is 2.12. The van der Waals surface area contributed by atoms with E-state index in [1.807, 2.05) is 0 Å². The number of carboxylic acid groups (broad SMARTS) is 1. The van der Waals surface area contributed by atoms with Gasteiger partial charge in [0.15, 0.2) is 0 Å². The van der Waals surface area contributed by atoms with Gasteiger partial charge in [-0.05, 0) is 6.42 Å². The summed E-state index contributed by atoms with van der Waals surface area (Å²) in [7, 11) is 0. The molecule has 1 aliphatic carbocycles. The van der Waals surface area contributed by atoms with Crippen LogP contribution < -0.4 is 5.73 Å². The molecule has 0 aromatic rings. The van der Waals surface area contributed by atoms with Crippen molar-refractivity contribution < 1.29 is 20.1 Å². The zero-order valence-electron chi connectivity index (χ0n) is 5.84. The topological polar surface area (TPSA) is 104 Å². The van der Waals surface area contributed by atoms with Crippen LogP contribution in [0.3, 0.4) is 0 Å². The van der Waals surface area contributed by atoms with Crippen LogP contribution in [0.15, 0.2) is 0 Å². The second kappa shape index (κ2) is 2.77. The Bertz CT molecular complexity index is 172. The van der Waals surface area contributed by atoms with Gasteiger partial charge in [0.2, 0.25) is 0 Å². The predicted molar refractivity (Wildman–Crippen MR) is 35.7 cm³/mol. The van der Waals surface area contributed by atoms with E-state index in [0.29, 0.717) is 0 Å². The van der Waals surface area contributed by atoms with Crippen molar-refractivity contribution >= 4 is 5.97 Å². The van der Waals surface area contributed by atoms with Gasteiger partial charge in [-0.2, -0.15) is 0 Å². The fraction of sp³-hybridized carbons (Fsp3) is 0.833. The molecular formula is C6H11NO4. The molecule has 0 heterocycles. The maximum absolute atomic E-state index is 10.4. The third-order valence-corrected chi connectivity index (χ3v) is 2.07. The van der Waals surface area contributed by atoms with Crippen LogP contribution in [0.25, 0.3) is 0 Å². The number of carboxylic acids is 1. The molecule has 0 aromatic carbocycles. The van der Waals surface area contributed by atoms with Crippen molar-refractivity contribution in [1.82, 2.24) is 0 Å². The van der Waals surface area contributed by atoms with Gasteiger partial charge in [-0.25, -0.2) is 0 Å². The summed E-state index contributed by atoms with van der Waals surface area (Å²) in [6.07, 6.45) is -2.06. The highest BCUT2D eigenvalue weighted by molar-refractivity contribution is 5.71. The SMILES string of the molecule is N[C@H]1[C@H](O)[C@H](O)C[C@H]1C(=O)O. The Balaban J connectivity index is 2.67. The quantitative estimate of drug-likeness (QED) is 0.361. The number of aliphatic hydroxyl groups is 2. The van der Waals surface area contributed by atoms with E-state index in [1.165, 1.54) is 0 Å². The second-order valence-corrected chi connectivity index (χ2v) is 2.82. The summed E-state index contributed by atoms with van der Waals surface area (Å²) in [4.78, 5) is 10.4. The standard InChI is InChI=1S/C6H11NO4/c7-4-2(6(10)11)1-3(8)5(4)9/h2-5,8-9H,1,7H2,(H,10,11)/t2-,3-,4-,5-/m1/s1. The van der Waals surface area contributed by atoms with Crippen molar-refractivity contribution in [2.24, 2.45) is 11.7 Å². The number of hydrogen-bond acceptors (Lipinski definition) is 4. The van der Waals surface area contributed by atoms with Crippen LogP contribution in [0.4, 0.5) is 0 Å². The molecule has 1 rings (SSSR count). The Morgan fingerprint density at radius 2 is 2.00 bits per heavy atom. The van der Waals surface area contributed by atoms with Gasteiger partial charge in [0, 0.05) is 6.04 Å². The highest BCUT2D eigenvalue weighted by Crippen LogP contribution is 2.25. The van der Waals surface area contributed by atoms with Gasteiger partial charge >= 0.3 is 5.97 Å². The first-order valence-corrected chi connectivity index (χ1v) is 3.38. The normalized spacial score (nSPS) is 44.3. The summed E-state index contributed by atoms with van der Waals surface area (Å²) in [5.41, 5.74) is 5.32. The number of hydrogen-bond donors (Lipinski definition) is 4. The lowest BCUT2D eigenvalue weighted by Crippen LogP contribution is -2.40. The van der Waals surface area contributed by atoms with Gasteiger partial charge < -0.3 is 21.1 Å². The van der Waals surface area contributed by atoms with E-state index in [0.717, 1.165) is 0 Å². The van der Waals surface area contributed by atoms with E-state index in [-0.39, 0.29) is 6.42 Å². The van der Waals surface area contributed by atoms with Crippen LogP contribution in [0, 0.1) is 5.92 Å². The predicted octanol–water partition coefficient (Wildman–Crippen LogP) is -1.86. The van der Waals surface area contributed by atoms with Crippen LogP contribution in [-0.4, -0.2) is 39.5 Å². The van der Waals surface area contributed by atoms with E-state index in [1.54, 1.807) is 0 Å². The van der Waals surface area contributed by atoms with E-state index in [2.05, 4.69) is 0 Å². The first-order valence-electron chi connectivity index (χ1n) is 3.38. The maximum Gasteiger partial charge on any atom is 0.308 e. The fourth-order valence-corrected chi connectivity index (χ4v) is 1.32. The minimum absolute atomic E-state index is 0.0394. The number of carbonyl (C=O) groups is 1. The summed E-state index contributed by atoms with van der Waals surface area (Å²) < 4.78 is 0. The minimum atomic E-state index is -1.10. The molecule has 0 aromatic heterocycles. The molecule has 0 radical (unpaired) electrons. The smallest absolute Gasteiger partial charge is 0.308 e. The second-order valence-electron chi connectivity index (χ2n) is 2.82. The summed E-state index contributed by atoms with van der Waals surface area (Å²) in [6.45, 7) is 0. The molecule has 0 spiro atoms. The van der Waals surface area contributed by atoms with Crippen LogP contribution >= 0.6 is 0 Å². The van der Waals surface area contributed by atoms with Crippen LogP contribution in [-0.2, 0) is 4.79 Å². The Hall–Kier alpha value is -0.650. The van der Waals surface area contributed by atoms with E-state index >= 15 is 0 Å². The lowest BCUT2D eigenvalue weighted by Gasteiger charge is -2.12. The average Bonchev–Trinajstić information content (AvgIpc) is 2.17. The number of aliphatic carboxylic acids is 1. The number of aliphatic hydroxyl groups excluding tert-OH is 2.